The molecule has 2 N–H and O–H groups in total. The number of ketones is 1. The lowest BCUT2D eigenvalue weighted by atomic mass is 9.89. The number of aryl methyl sites for hydroxylation is 2. The van der Waals surface area contributed by atoms with E-state index < -0.39 is 5.92 Å². The van der Waals surface area contributed by atoms with E-state index in [9.17, 15) is 10.1 Å². The number of aromatic nitrogens is 3. The highest BCUT2D eigenvalue weighted by molar-refractivity contribution is 7.99. The topological polar surface area (TPSA) is 106 Å². The summed E-state index contributed by atoms with van der Waals surface area (Å²) in [7, 11) is 0. The van der Waals surface area contributed by atoms with Gasteiger partial charge in [-0.2, -0.15) is 5.26 Å². The van der Waals surface area contributed by atoms with Gasteiger partial charge in [0.05, 0.1) is 17.2 Å². The van der Waals surface area contributed by atoms with Crippen LogP contribution in [0, 0.1) is 24.2 Å². The van der Waals surface area contributed by atoms with Crippen LogP contribution >= 0.6 is 34.4 Å². The minimum Gasteiger partial charge on any atom is -0.383 e. The van der Waals surface area contributed by atoms with Crippen molar-refractivity contribution in [3.8, 4) is 6.07 Å². The molecule has 0 amide bonds. The number of anilines is 1. The fourth-order valence-corrected chi connectivity index (χ4v) is 6.47. The molecule has 1 aliphatic carbocycles. The Morgan fingerprint density at radius 2 is 2.29 bits per heavy atom. The Morgan fingerprint density at radius 3 is 3.00 bits per heavy atom. The third-order valence-corrected chi connectivity index (χ3v) is 7.89. The first kappa shape index (κ1) is 19.3. The normalized spacial score (nSPS) is 17.2. The average Bonchev–Trinajstić information content (AvgIpc) is 3.23. The van der Waals surface area contributed by atoms with Gasteiger partial charge in [0.2, 0.25) is 0 Å². The van der Waals surface area contributed by atoms with E-state index >= 15 is 0 Å². The molecule has 3 heterocycles. The molecule has 3 aromatic heterocycles. The lowest BCUT2D eigenvalue weighted by molar-refractivity contribution is -0.116. The van der Waals surface area contributed by atoms with Gasteiger partial charge in [0, 0.05) is 16.0 Å². The van der Waals surface area contributed by atoms with Crippen LogP contribution in [0.5, 0.6) is 0 Å². The first-order valence-corrected chi connectivity index (χ1v) is 11.7. The molecule has 144 valence electrons. The first-order valence-electron chi connectivity index (χ1n) is 9.01. The van der Waals surface area contributed by atoms with Gasteiger partial charge in [-0.25, -0.2) is 15.0 Å². The second-order valence-corrected chi connectivity index (χ2v) is 9.98. The molecule has 3 aromatic rings. The molecule has 9 heteroatoms. The number of carbonyl (C=O) groups is 1. The Labute approximate surface area is 175 Å². The number of rotatable bonds is 5. The van der Waals surface area contributed by atoms with Crippen molar-refractivity contribution in [1.29, 1.82) is 5.26 Å². The summed E-state index contributed by atoms with van der Waals surface area (Å²) in [5.74, 6) is 0.244. The number of nitrogens with zero attached hydrogens (tertiary/aromatic N) is 4. The predicted octanol–water partition coefficient (Wildman–Crippen LogP) is 4.13. The third-order valence-electron chi connectivity index (χ3n) is 4.84. The van der Waals surface area contributed by atoms with E-state index in [2.05, 4.69) is 27.9 Å². The Bertz CT molecular complexity index is 1100. The van der Waals surface area contributed by atoms with Crippen LogP contribution < -0.4 is 5.73 Å². The molecule has 6 nitrogen and oxygen atoms in total. The number of carbonyl (C=O) groups excluding carboxylic acids is 1. The largest absolute Gasteiger partial charge is 0.383 e. The van der Waals surface area contributed by atoms with Gasteiger partial charge in [-0.1, -0.05) is 18.7 Å². The van der Waals surface area contributed by atoms with Gasteiger partial charge in [0.1, 0.15) is 15.7 Å². The lowest BCUT2D eigenvalue weighted by Crippen LogP contribution is -2.13. The molecule has 2 unspecified atom stereocenters. The van der Waals surface area contributed by atoms with Crippen molar-refractivity contribution in [1.82, 2.24) is 15.0 Å². The van der Waals surface area contributed by atoms with Crippen LogP contribution in [0.3, 0.4) is 0 Å². The Kier molecular flexibility index (Phi) is 5.36. The van der Waals surface area contributed by atoms with Crippen LogP contribution in [0.25, 0.3) is 10.2 Å². The number of Topliss-reactive ketones (excluding diaryl/α,β-unsaturated/α-hetero) is 1. The van der Waals surface area contributed by atoms with Crippen molar-refractivity contribution >= 4 is 56.3 Å². The van der Waals surface area contributed by atoms with Crippen molar-refractivity contribution in [3.05, 3.63) is 26.5 Å². The molecule has 0 radical (unpaired) electrons. The number of thiazole rings is 1. The van der Waals surface area contributed by atoms with Crippen LogP contribution in [0.2, 0.25) is 0 Å². The van der Waals surface area contributed by atoms with Gasteiger partial charge in [0.15, 0.2) is 16.9 Å². The molecule has 0 aromatic carbocycles. The van der Waals surface area contributed by atoms with E-state index in [1.165, 1.54) is 33.5 Å². The summed E-state index contributed by atoms with van der Waals surface area (Å²) in [6.45, 7) is 4.12. The maximum atomic E-state index is 12.5. The molecular formula is C19H19N5OS3. The molecule has 28 heavy (non-hydrogen) atoms. The van der Waals surface area contributed by atoms with Gasteiger partial charge in [0.25, 0.3) is 0 Å². The van der Waals surface area contributed by atoms with Gasteiger partial charge < -0.3 is 5.73 Å². The Morgan fingerprint density at radius 1 is 1.46 bits per heavy atom. The summed E-state index contributed by atoms with van der Waals surface area (Å²) in [6.07, 6.45) is 3.25. The summed E-state index contributed by atoms with van der Waals surface area (Å²) >= 11 is 4.25. The highest BCUT2D eigenvalue weighted by Crippen LogP contribution is 2.40. The summed E-state index contributed by atoms with van der Waals surface area (Å²) in [6, 6.07) is 2.07. The number of nitriles is 1. The minimum atomic E-state index is -0.845. The zero-order valence-corrected chi connectivity index (χ0v) is 18.0. The molecule has 0 aliphatic heterocycles. The number of hydrogen-bond donors (Lipinski definition) is 1. The van der Waals surface area contributed by atoms with Crippen molar-refractivity contribution in [2.75, 3.05) is 11.5 Å². The first-order chi connectivity index (χ1) is 13.5. The molecular weight excluding hydrogens is 410 g/mol. The second kappa shape index (κ2) is 7.78. The highest BCUT2D eigenvalue weighted by atomic mass is 32.2. The van der Waals surface area contributed by atoms with Crippen molar-refractivity contribution in [2.45, 2.75) is 44.2 Å². The highest BCUT2D eigenvalue weighted by Gasteiger charge is 2.25. The molecule has 4 rings (SSSR count). The zero-order chi connectivity index (χ0) is 19.8. The number of thiophene rings is 1. The van der Waals surface area contributed by atoms with Gasteiger partial charge in [-0.05, 0) is 37.7 Å². The fraction of sp³-hybridized carbons (Fsp3) is 0.421. The Balaban J connectivity index is 1.54. The maximum Gasteiger partial charge on any atom is 0.191 e. The molecule has 0 saturated heterocycles. The second-order valence-electron chi connectivity index (χ2n) is 7.07. The maximum absolute atomic E-state index is 12.5. The number of nitrogens with two attached hydrogens (primary N) is 1. The quantitative estimate of drug-likeness (QED) is 0.480. The molecule has 0 spiro atoms. The minimum absolute atomic E-state index is 0.115. The van der Waals surface area contributed by atoms with Crippen LogP contribution in [0.4, 0.5) is 5.82 Å². The van der Waals surface area contributed by atoms with Crippen LogP contribution in [0.15, 0.2) is 10.5 Å². The van der Waals surface area contributed by atoms with Crippen LogP contribution in [-0.4, -0.2) is 26.5 Å². The average molecular weight is 430 g/mol. The van der Waals surface area contributed by atoms with Gasteiger partial charge in [-0.15, -0.1) is 22.7 Å². The standard InChI is InChI=1S/C19H19N5OS3/c1-9-3-4-11-14(5-9)28-18-15(11)16(21)23-19(24-18)27-8-13(25)12(6-20)17-22-10(2)7-26-17/h7,9,12H,3-5,8H2,1-2H3,(H2,21,23,24). The number of fused-ring (bicyclic) bond motifs is 3. The molecule has 0 saturated carbocycles. The van der Waals surface area contributed by atoms with Crippen molar-refractivity contribution in [3.63, 3.8) is 0 Å². The van der Waals surface area contributed by atoms with E-state index in [1.54, 1.807) is 11.3 Å². The summed E-state index contributed by atoms with van der Waals surface area (Å²) < 4.78 is 0. The number of nitrogen functional groups attached to an aromatic ring is 1. The monoisotopic (exact) mass is 429 g/mol. The zero-order valence-electron chi connectivity index (χ0n) is 15.6. The van der Waals surface area contributed by atoms with Crippen molar-refractivity contribution in [2.24, 2.45) is 5.92 Å². The van der Waals surface area contributed by atoms with Gasteiger partial charge >= 0.3 is 0 Å². The molecule has 2 atom stereocenters. The van der Waals surface area contributed by atoms with E-state index in [-0.39, 0.29) is 11.5 Å². The fourth-order valence-electron chi connectivity index (χ4n) is 3.40. The van der Waals surface area contributed by atoms with Crippen LogP contribution in [-0.2, 0) is 17.6 Å². The lowest BCUT2D eigenvalue weighted by Gasteiger charge is -2.17. The summed E-state index contributed by atoms with van der Waals surface area (Å²) in [5, 5.41) is 13.2. The smallest absolute Gasteiger partial charge is 0.191 e. The number of thioether (sulfide) groups is 1. The van der Waals surface area contributed by atoms with Crippen LogP contribution in [0.1, 0.15) is 40.4 Å². The number of hydrogen-bond acceptors (Lipinski definition) is 9. The van der Waals surface area contributed by atoms with Crippen molar-refractivity contribution < 1.29 is 4.79 Å². The summed E-state index contributed by atoms with van der Waals surface area (Å²) in [5.41, 5.74) is 8.36. The SMILES string of the molecule is Cc1csc(C(C#N)C(=O)CSc2nc(N)c3c4c(sc3n2)CC(C)CC4)n1. The Hall–Kier alpha value is -2.02. The molecule has 0 fully saturated rings. The van der Waals surface area contributed by atoms with E-state index in [0.717, 1.165) is 35.2 Å². The van der Waals surface area contributed by atoms with E-state index in [1.807, 2.05) is 12.3 Å². The molecule has 0 bridgehead atoms. The van der Waals surface area contributed by atoms with Gasteiger partial charge in [-0.3, -0.25) is 4.79 Å². The van der Waals surface area contributed by atoms with E-state index in [4.69, 9.17) is 5.73 Å². The molecule has 1 aliphatic rings. The summed E-state index contributed by atoms with van der Waals surface area (Å²) in [4.78, 5) is 28.1. The third kappa shape index (κ3) is 3.64. The predicted molar refractivity (Wildman–Crippen MR) is 114 cm³/mol. The van der Waals surface area contributed by atoms with E-state index in [0.29, 0.717) is 21.9 Å².